The molecule has 5 heteroatoms. The van der Waals surface area contributed by atoms with Crippen molar-refractivity contribution in [2.24, 2.45) is 0 Å². The van der Waals surface area contributed by atoms with Gasteiger partial charge in [-0.3, -0.25) is 4.79 Å². The molecule has 1 unspecified atom stereocenters. The summed E-state index contributed by atoms with van der Waals surface area (Å²) in [4.78, 5) is 12.3. The lowest BCUT2D eigenvalue weighted by Gasteiger charge is -2.39. The molecule has 1 aliphatic rings. The zero-order chi connectivity index (χ0) is 15.0. The van der Waals surface area contributed by atoms with Crippen LogP contribution in [0.4, 0.5) is 8.78 Å². The summed E-state index contributed by atoms with van der Waals surface area (Å²) in [5.41, 5.74) is -0.789. The summed E-state index contributed by atoms with van der Waals surface area (Å²) in [6.07, 6.45) is 0.146. The zero-order valence-corrected chi connectivity index (χ0v) is 12.3. The minimum absolute atomic E-state index is 0.0873. The second kappa shape index (κ2) is 5.32. The number of fused-ring (bicyclic) bond motifs is 1. The molecule has 0 fully saturated rings. The van der Waals surface area contributed by atoms with Gasteiger partial charge < -0.3 is 4.74 Å². The monoisotopic (exact) mass is 302 g/mol. The Morgan fingerprint density at radius 2 is 2.00 bits per heavy atom. The van der Waals surface area contributed by atoms with Gasteiger partial charge in [-0.05, 0) is 37.5 Å². The minimum Gasteiger partial charge on any atom is -0.465 e. The molecule has 1 atom stereocenters. The first-order valence-electron chi connectivity index (χ1n) is 6.73. The Morgan fingerprint density at radius 3 is 2.60 bits per heavy atom. The smallest absolute Gasteiger partial charge is 0.316 e. The lowest BCUT2D eigenvalue weighted by atomic mass is 9.67. The Hall–Kier alpha value is -1.16. The Bertz CT molecular complexity index is 531. The number of esters is 1. The molecular formula is C15H17ClF2O2. The number of hydrogen-bond donors (Lipinski definition) is 0. The molecule has 2 rings (SSSR count). The van der Waals surface area contributed by atoms with E-state index in [1.807, 2.05) is 6.92 Å². The van der Waals surface area contributed by atoms with E-state index in [9.17, 15) is 13.6 Å². The van der Waals surface area contributed by atoms with Crippen molar-refractivity contribution in [3.8, 4) is 0 Å². The highest BCUT2D eigenvalue weighted by Gasteiger charge is 2.51. The standard InChI is InChI=1S/C15H17ClF2O2/c1-3-14(13(19)20-4-2)7-8-15(17,18)12-9-10(16)5-6-11(12)14/h5-6,9H,3-4,7-8H2,1-2H3. The summed E-state index contributed by atoms with van der Waals surface area (Å²) >= 11 is 5.83. The Kier molecular flexibility index (Phi) is 4.05. The average molecular weight is 303 g/mol. The summed E-state index contributed by atoms with van der Waals surface area (Å²) in [5.74, 6) is -3.38. The van der Waals surface area contributed by atoms with E-state index >= 15 is 0 Å². The van der Waals surface area contributed by atoms with Crippen molar-refractivity contribution in [2.45, 2.75) is 44.4 Å². The van der Waals surface area contributed by atoms with E-state index < -0.39 is 17.3 Å². The van der Waals surface area contributed by atoms with Crippen LogP contribution in [-0.4, -0.2) is 12.6 Å². The van der Waals surface area contributed by atoms with Crippen LogP contribution in [0.25, 0.3) is 0 Å². The van der Waals surface area contributed by atoms with Crippen LogP contribution >= 0.6 is 11.6 Å². The topological polar surface area (TPSA) is 26.3 Å². The highest BCUT2D eigenvalue weighted by atomic mass is 35.5. The van der Waals surface area contributed by atoms with Crippen molar-refractivity contribution in [2.75, 3.05) is 6.61 Å². The van der Waals surface area contributed by atoms with Crippen LogP contribution in [0.2, 0.25) is 5.02 Å². The molecule has 0 radical (unpaired) electrons. The number of hydrogen-bond acceptors (Lipinski definition) is 2. The van der Waals surface area contributed by atoms with Gasteiger partial charge >= 0.3 is 5.97 Å². The molecule has 0 saturated heterocycles. The summed E-state index contributed by atoms with van der Waals surface area (Å²) in [7, 11) is 0. The summed E-state index contributed by atoms with van der Waals surface area (Å²) < 4.78 is 33.3. The first-order valence-corrected chi connectivity index (χ1v) is 7.10. The van der Waals surface area contributed by atoms with Gasteiger partial charge in [0.15, 0.2) is 0 Å². The fourth-order valence-electron chi connectivity index (χ4n) is 2.87. The highest BCUT2D eigenvalue weighted by molar-refractivity contribution is 6.30. The molecule has 1 aliphatic carbocycles. The third kappa shape index (κ3) is 2.30. The molecule has 2 nitrogen and oxygen atoms in total. The van der Waals surface area contributed by atoms with E-state index in [2.05, 4.69) is 0 Å². The van der Waals surface area contributed by atoms with E-state index in [4.69, 9.17) is 16.3 Å². The molecule has 0 amide bonds. The van der Waals surface area contributed by atoms with Crippen LogP contribution in [0.1, 0.15) is 44.2 Å². The summed E-state index contributed by atoms with van der Waals surface area (Å²) in [6.45, 7) is 3.76. The molecule has 0 N–H and O–H groups in total. The Morgan fingerprint density at radius 1 is 1.30 bits per heavy atom. The minimum atomic E-state index is -2.95. The molecule has 1 aromatic carbocycles. The van der Waals surface area contributed by atoms with E-state index in [0.29, 0.717) is 12.0 Å². The van der Waals surface area contributed by atoms with Crippen molar-refractivity contribution >= 4 is 17.6 Å². The number of halogens is 3. The maximum absolute atomic E-state index is 14.1. The molecule has 1 aromatic rings. The third-order valence-corrected chi connectivity index (χ3v) is 4.26. The molecule has 110 valence electrons. The van der Waals surface area contributed by atoms with Gasteiger partial charge in [0.2, 0.25) is 0 Å². The van der Waals surface area contributed by atoms with Crippen molar-refractivity contribution in [1.29, 1.82) is 0 Å². The molecule has 0 aromatic heterocycles. The predicted molar refractivity (Wildman–Crippen MR) is 73.2 cm³/mol. The largest absolute Gasteiger partial charge is 0.465 e. The van der Waals surface area contributed by atoms with Crippen LogP contribution < -0.4 is 0 Å². The maximum atomic E-state index is 14.1. The number of carbonyl (C=O) groups is 1. The van der Waals surface area contributed by atoms with E-state index in [1.54, 1.807) is 13.0 Å². The molecule has 0 spiro atoms. The molecule has 0 aliphatic heterocycles. The molecule has 20 heavy (non-hydrogen) atoms. The first-order chi connectivity index (χ1) is 9.37. The molecule has 0 bridgehead atoms. The number of ether oxygens (including phenoxy) is 1. The SMILES string of the molecule is CCOC(=O)C1(CC)CCC(F)(F)c2cc(Cl)ccc21. The van der Waals surface area contributed by atoms with Crippen LogP contribution in [-0.2, 0) is 20.9 Å². The van der Waals surface area contributed by atoms with Gasteiger partial charge in [0.25, 0.3) is 5.92 Å². The van der Waals surface area contributed by atoms with Gasteiger partial charge in [-0.15, -0.1) is 0 Å². The first kappa shape index (κ1) is 15.2. The summed E-state index contributed by atoms with van der Waals surface area (Å²) in [5, 5.41) is 0.249. The molecular weight excluding hydrogens is 286 g/mol. The fourth-order valence-corrected chi connectivity index (χ4v) is 3.04. The van der Waals surface area contributed by atoms with Gasteiger partial charge in [0.1, 0.15) is 0 Å². The maximum Gasteiger partial charge on any atom is 0.316 e. The van der Waals surface area contributed by atoms with Crippen LogP contribution in [0.3, 0.4) is 0 Å². The van der Waals surface area contributed by atoms with E-state index in [1.165, 1.54) is 12.1 Å². The zero-order valence-electron chi connectivity index (χ0n) is 11.5. The average Bonchev–Trinajstić information content (AvgIpc) is 2.40. The van der Waals surface area contributed by atoms with Gasteiger partial charge in [-0.1, -0.05) is 24.6 Å². The quantitative estimate of drug-likeness (QED) is 0.772. The van der Waals surface area contributed by atoms with Gasteiger partial charge in [-0.2, -0.15) is 0 Å². The number of benzene rings is 1. The van der Waals surface area contributed by atoms with Crippen LogP contribution in [0, 0.1) is 0 Å². The third-order valence-electron chi connectivity index (χ3n) is 4.03. The Balaban J connectivity index is 2.61. The second-order valence-corrected chi connectivity index (χ2v) is 5.49. The fraction of sp³-hybridized carbons (Fsp3) is 0.533. The van der Waals surface area contributed by atoms with Gasteiger partial charge in [0, 0.05) is 17.0 Å². The Labute approximate surface area is 122 Å². The van der Waals surface area contributed by atoms with Gasteiger partial charge in [-0.25, -0.2) is 8.78 Å². The second-order valence-electron chi connectivity index (χ2n) is 5.05. The molecule has 0 heterocycles. The number of rotatable bonds is 3. The molecule has 0 saturated carbocycles. The lowest BCUT2D eigenvalue weighted by Crippen LogP contribution is -2.43. The predicted octanol–water partition coefficient (Wildman–Crippen LogP) is 4.44. The highest BCUT2D eigenvalue weighted by Crippen LogP contribution is 2.50. The lowest BCUT2D eigenvalue weighted by molar-refractivity contribution is -0.153. The van der Waals surface area contributed by atoms with Gasteiger partial charge in [0.05, 0.1) is 12.0 Å². The van der Waals surface area contributed by atoms with Crippen molar-refractivity contribution in [3.63, 3.8) is 0 Å². The van der Waals surface area contributed by atoms with E-state index in [-0.39, 0.29) is 30.0 Å². The summed E-state index contributed by atoms with van der Waals surface area (Å²) in [6, 6.07) is 4.34. The van der Waals surface area contributed by atoms with E-state index in [0.717, 1.165) is 0 Å². The van der Waals surface area contributed by atoms with Crippen LogP contribution in [0.5, 0.6) is 0 Å². The van der Waals surface area contributed by atoms with Crippen LogP contribution in [0.15, 0.2) is 18.2 Å². The van der Waals surface area contributed by atoms with Crippen molar-refractivity contribution in [1.82, 2.24) is 0 Å². The normalized spacial score (nSPS) is 24.1. The number of carbonyl (C=O) groups excluding carboxylic acids is 1. The van der Waals surface area contributed by atoms with Crippen molar-refractivity contribution < 1.29 is 18.3 Å². The van der Waals surface area contributed by atoms with Crippen molar-refractivity contribution in [3.05, 3.63) is 34.3 Å². The number of alkyl halides is 2.